The predicted molar refractivity (Wildman–Crippen MR) is 550 cm³/mol. The Hall–Kier alpha value is 0.330. The molecule has 0 atom stereocenters. The van der Waals surface area contributed by atoms with E-state index in [0.29, 0.717) is 22.5 Å². The summed E-state index contributed by atoms with van der Waals surface area (Å²) < 4.78 is 105. The molecule has 0 aromatic carbocycles. The summed E-state index contributed by atoms with van der Waals surface area (Å²) in [5.74, 6) is 0.476. The smallest absolute Gasteiger partial charge is 0.206 e. The summed E-state index contributed by atoms with van der Waals surface area (Å²) in [5.41, 5.74) is 4.08. The van der Waals surface area contributed by atoms with Crippen LogP contribution in [-0.2, 0) is 0 Å². The van der Waals surface area contributed by atoms with Crippen LogP contribution in [0.3, 0.4) is 0 Å². The molecule has 0 bridgehead atoms. The van der Waals surface area contributed by atoms with Crippen molar-refractivity contribution in [2.24, 2.45) is 0 Å². The molecule has 0 nitrogen and oxygen atoms in total. The maximum atomic E-state index is 12.3. The summed E-state index contributed by atoms with van der Waals surface area (Å²) in [7, 11) is 0. The summed E-state index contributed by atoms with van der Waals surface area (Å²) >= 11 is 82.1. The third-order valence-electron chi connectivity index (χ3n) is 11.0. The van der Waals surface area contributed by atoms with Crippen molar-refractivity contribution in [2.75, 3.05) is 12.2 Å². The van der Waals surface area contributed by atoms with Gasteiger partial charge in [0.1, 0.15) is 28.4 Å². The second-order valence-corrected chi connectivity index (χ2v) is 48.2. The maximum Gasteiger partial charge on any atom is 0.212 e. The highest BCUT2D eigenvalue weighted by Gasteiger charge is 2.06. The van der Waals surface area contributed by atoms with Crippen molar-refractivity contribution in [1.29, 1.82) is 0 Å². The molecule has 15 aromatic rings. The second-order valence-electron chi connectivity index (χ2n) is 21.2. The van der Waals surface area contributed by atoms with Crippen LogP contribution < -0.4 is 0 Å². The zero-order valence-electron chi connectivity index (χ0n) is 65.4. The molecule has 15 aromatic heterocycles. The lowest BCUT2D eigenvalue weighted by Gasteiger charge is -1.74. The molecule has 0 radical (unpaired) electrons. The molecule has 15 heterocycles. The first-order valence-corrected chi connectivity index (χ1v) is 54.4. The van der Waals surface area contributed by atoms with E-state index in [0.717, 1.165) is 85.8 Å². The summed E-state index contributed by atoms with van der Waals surface area (Å²) in [6.07, 6.45) is 1.47. The lowest BCUT2D eigenvalue weighted by Crippen LogP contribution is -1.64. The van der Waals surface area contributed by atoms with Crippen LogP contribution in [0.25, 0.3) is 0 Å². The Bertz CT molecular complexity index is 3910. The van der Waals surface area contributed by atoms with Gasteiger partial charge < -0.3 is 0 Å². The van der Waals surface area contributed by atoms with Gasteiger partial charge >= 0.3 is 0 Å². The molecule has 37 heteroatoms. The van der Waals surface area contributed by atoms with Crippen molar-refractivity contribution in [1.82, 2.24) is 0 Å². The number of alkyl halides is 2. The van der Waals surface area contributed by atoms with Crippen LogP contribution in [0, 0.1) is 148 Å². The molecular formula is C79H82Br7Cl7F8S15. The van der Waals surface area contributed by atoms with Crippen molar-refractivity contribution in [3.8, 4) is 0 Å². The lowest BCUT2D eigenvalue weighted by molar-refractivity contribution is 0.530. The van der Waals surface area contributed by atoms with Gasteiger partial charge in [-0.1, -0.05) is 99.4 Å². The standard InChI is InChI=1S/C5H4Br2S.C5H4BrClS.2C5H4BrFS.C5H5BrS.C5H4Cl2S.2C5H4ClFS.C5H5ClS.C5H4F2S.2C5H5FS.3C5H6S.C2H6.CH3Br.CH3Cl/c2*1-3-2-4(6)5(7)8-3;1-3-2-4(7)5(6)8-3;1-3-2-4(6)5(7)8-3;1-4-2-3-5(6)7-4;1-3-2-4(6)5(7)8-3;1-3-2-4(7)5(6)8-3;1-3-2-4(6)5(7)8-3;1-4-2-3-5(6)7-4;1-3-2-4(6)5(7)8-3;1-4-2-5(6)3-7-4;1-4-2-3-5(6)7-4;3*1-5-2-3-6-4-5;3*1-2/h4*2H,1H3;2-3H,1H3;3*2H,1H3;2-3H,1H3;2H,1H3;2*2-3H,1H3;3*2-4H,1H3;1-2H3;2*1H3. The van der Waals surface area contributed by atoms with Gasteiger partial charge in [0, 0.05) is 79.2 Å². The zero-order chi connectivity index (χ0) is 89.5. The molecule has 0 unspecified atom stereocenters. The fourth-order valence-corrected chi connectivity index (χ4v) is 22.7. The Morgan fingerprint density at radius 3 is 0.776 bits per heavy atom. The van der Waals surface area contributed by atoms with Crippen LogP contribution in [0.2, 0.25) is 27.4 Å². The topological polar surface area (TPSA) is 0 Å². The Labute approximate surface area is 833 Å². The minimum atomic E-state index is -0.743. The van der Waals surface area contributed by atoms with Crippen molar-refractivity contribution in [3.63, 3.8) is 0 Å². The summed E-state index contributed by atoms with van der Waals surface area (Å²) in [5, 5.41) is 13.8. The molecule has 642 valence electrons. The Balaban J connectivity index is -0.00000117. The Morgan fingerprint density at radius 1 is 0.284 bits per heavy atom. The van der Waals surface area contributed by atoms with E-state index >= 15 is 0 Å². The van der Waals surface area contributed by atoms with E-state index in [2.05, 4.69) is 226 Å². The molecule has 15 rings (SSSR count). The molecule has 0 fully saturated rings. The van der Waals surface area contributed by atoms with E-state index in [1.54, 1.807) is 104 Å². The van der Waals surface area contributed by atoms with Gasteiger partial charge in [-0.2, -0.15) is 51.6 Å². The first-order valence-electron chi connectivity index (χ1n) is 32.3. The van der Waals surface area contributed by atoms with Crippen molar-refractivity contribution < 1.29 is 35.1 Å². The van der Waals surface area contributed by atoms with E-state index in [4.69, 9.17) is 69.6 Å². The molecular weight excluding hydrogens is 2390 g/mol. The normalized spacial score (nSPS) is 9.25. The van der Waals surface area contributed by atoms with Gasteiger partial charge in [0.15, 0.2) is 27.0 Å². The largest absolute Gasteiger partial charge is 0.212 e. The number of hydrogen-bond acceptors (Lipinski definition) is 15. The number of rotatable bonds is 0. The first kappa shape index (κ1) is 120. The fourth-order valence-electron chi connectivity index (χ4n) is 6.26. The number of halogens is 22. The molecule has 0 saturated heterocycles. The van der Waals surface area contributed by atoms with E-state index in [-0.39, 0.29) is 42.2 Å². The van der Waals surface area contributed by atoms with Gasteiger partial charge in [-0.15, -0.1) is 148 Å². The van der Waals surface area contributed by atoms with Gasteiger partial charge in [-0.25, -0.2) is 17.6 Å². The highest BCUT2D eigenvalue weighted by Crippen LogP contribution is 2.34. The number of hydrogen-bond donors (Lipinski definition) is 0. The minimum absolute atomic E-state index is 0.0995. The summed E-state index contributed by atoms with van der Waals surface area (Å²) in [6.45, 7) is 33.3. The average molecular weight is 2470 g/mol. The highest BCUT2D eigenvalue weighted by atomic mass is 79.9. The lowest BCUT2D eigenvalue weighted by atomic mass is 10.4. The molecule has 116 heavy (non-hydrogen) atoms. The van der Waals surface area contributed by atoms with Crippen molar-refractivity contribution in [2.45, 2.75) is 118 Å². The third kappa shape index (κ3) is 62.5. The monoisotopic (exact) mass is 2460 g/mol. The molecule has 0 aliphatic carbocycles. The van der Waals surface area contributed by atoms with Crippen LogP contribution in [0.15, 0.2) is 172 Å². The van der Waals surface area contributed by atoms with Crippen LogP contribution >= 0.6 is 363 Å². The van der Waals surface area contributed by atoms with Crippen LogP contribution in [0.5, 0.6) is 0 Å². The molecule has 0 N–H and O–H groups in total. The average Bonchev–Trinajstić information content (AvgIpc) is 1.77. The molecule has 0 spiro atoms. The second kappa shape index (κ2) is 71.4. The van der Waals surface area contributed by atoms with Crippen LogP contribution in [0.4, 0.5) is 35.1 Å². The van der Waals surface area contributed by atoms with Gasteiger partial charge in [-0.05, 0) is 363 Å². The summed E-state index contributed by atoms with van der Waals surface area (Å²) in [4.78, 5) is 12.9. The highest BCUT2D eigenvalue weighted by molar-refractivity contribution is 9.13. The van der Waals surface area contributed by atoms with Crippen LogP contribution in [-0.4, -0.2) is 12.2 Å². The van der Waals surface area contributed by atoms with E-state index in [9.17, 15) is 35.1 Å². The third-order valence-corrected chi connectivity index (χ3v) is 31.6. The zero-order valence-corrected chi connectivity index (χ0v) is 94.0. The van der Waals surface area contributed by atoms with E-state index < -0.39 is 10.9 Å². The molecule has 0 saturated carbocycles. The Kier molecular flexibility index (Phi) is 74.1. The maximum absolute atomic E-state index is 12.3. The Morgan fingerprint density at radius 2 is 0.664 bits per heavy atom. The number of thiophene rings is 15. The fraction of sp³-hybridized carbons (Fsp3) is 0.241. The summed E-state index contributed by atoms with van der Waals surface area (Å²) in [6, 6.07) is 32.6. The van der Waals surface area contributed by atoms with E-state index in [1.165, 1.54) is 143 Å². The predicted octanol–water partition coefficient (Wildman–Crippen LogP) is 43.3. The molecule has 0 aliphatic heterocycles. The van der Waals surface area contributed by atoms with Crippen molar-refractivity contribution in [3.05, 3.63) is 318 Å². The number of aryl methyl sites for hydroxylation is 15. The molecule has 0 amide bonds. The van der Waals surface area contributed by atoms with Crippen molar-refractivity contribution >= 4 is 363 Å². The quantitative estimate of drug-likeness (QED) is 0.105. The van der Waals surface area contributed by atoms with E-state index in [1.807, 2.05) is 106 Å². The molecule has 0 aliphatic rings. The SMILES string of the molecule is CBr.CC.CCl.Cc1cc(Br)c(Br)s1.Cc1cc(Br)c(Cl)s1.Cc1cc(Br)c(F)s1.Cc1cc(Cl)c(Cl)s1.Cc1cc(Cl)c(F)s1.Cc1cc(F)c(Br)s1.Cc1cc(F)c(Cl)s1.Cc1cc(F)c(F)s1.Cc1cc(F)cs1.Cc1ccc(Br)s1.Cc1ccc(Cl)s1.Cc1ccc(F)s1.Cc1ccsc1.Cc1ccsc1.Cc1ccsc1. The van der Waals surface area contributed by atoms with Gasteiger partial charge in [0.25, 0.3) is 0 Å². The van der Waals surface area contributed by atoms with Crippen LogP contribution in [0.1, 0.15) is 89.1 Å². The van der Waals surface area contributed by atoms with Gasteiger partial charge in [-0.3, -0.25) is 0 Å². The van der Waals surface area contributed by atoms with Gasteiger partial charge in [0.05, 0.1) is 26.4 Å². The minimum Gasteiger partial charge on any atom is -0.206 e. The van der Waals surface area contributed by atoms with Gasteiger partial charge in [0.2, 0.25) is 5.13 Å². The first-order chi connectivity index (χ1) is 54.4.